The minimum Gasteiger partial charge on any atom is -0.335 e. The van der Waals surface area contributed by atoms with Crippen LogP contribution in [0.15, 0.2) is 0 Å². The molecule has 17 heavy (non-hydrogen) atoms. The maximum Gasteiger partial charge on any atom is 0.317 e. The second kappa shape index (κ2) is 4.87. The van der Waals surface area contributed by atoms with Crippen molar-refractivity contribution >= 4 is 6.03 Å². The van der Waals surface area contributed by atoms with E-state index < -0.39 is 0 Å². The number of urea groups is 1. The molecule has 1 aliphatic heterocycles. The Morgan fingerprint density at radius 1 is 0.941 bits per heavy atom. The highest BCUT2D eigenvalue weighted by Gasteiger charge is 2.37. The summed E-state index contributed by atoms with van der Waals surface area (Å²) in [6, 6.07) is 1.25. The summed E-state index contributed by atoms with van der Waals surface area (Å²) < 4.78 is 0. The summed E-state index contributed by atoms with van der Waals surface area (Å²) >= 11 is 0. The minimum absolute atomic E-state index is 0.230. The Balaban J connectivity index is 1.59. The third-order valence-corrected chi connectivity index (χ3v) is 4.94. The Morgan fingerprint density at radius 2 is 1.71 bits per heavy atom. The molecular weight excluding hydrogens is 212 g/mol. The number of carbonyl (C=O) groups excluding carboxylic acids is 1. The molecule has 0 aromatic carbocycles. The summed E-state index contributed by atoms with van der Waals surface area (Å²) in [7, 11) is 0. The Hall–Kier alpha value is -0.730. The standard InChI is InChI=1S/C14H24N2O/c17-14(15-12-7-1-2-8-12)16-10-4-6-11-5-3-9-13(11)16/h11-13H,1-10H2,(H,15,17). The number of fused-ring (bicyclic) bond motifs is 1. The van der Waals surface area contributed by atoms with Crippen molar-refractivity contribution in [3.8, 4) is 0 Å². The number of nitrogens with one attached hydrogen (secondary N) is 1. The SMILES string of the molecule is O=C(NC1CCCC1)N1CCCC2CCCC21. The average molecular weight is 236 g/mol. The molecule has 3 nitrogen and oxygen atoms in total. The number of likely N-dealkylation sites (tertiary alicyclic amines) is 1. The number of rotatable bonds is 1. The lowest BCUT2D eigenvalue weighted by atomic mass is 9.92. The first-order chi connectivity index (χ1) is 8.34. The first kappa shape index (κ1) is 11.4. The predicted octanol–water partition coefficient (Wildman–Crippen LogP) is 2.90. The van der Waals surface area contributed by atoms with Crippen LogP contribution in [0.4, 0.5) is 4.79 Å². The molecule has 2 aliphatic carbocycles. The van der Waals surface area contributed by atoms with Crippen LogP contribution in [0.1, 0.15) is 57.8 Å². The summed E-state index contributed by atoms with van der Waals surface area (Å²) in [6.45, 7) is 0.986. The van der Waals surface area contributed by atoms with Crippen molar-refractivity contribution in [2.75, 3.05) is 6.54 Å². The largest absolute Gasteiger partial charge is 0.335 e. The molecular formula is C14H24N2O. The van der Waals surface area contributed by atoms with Gasteiger partial charge in [-0.05, 0) is 44.4 Å². The van der Waals surface area contributed by atoms with E-state index in [0.717, 1.165) is 12.5 Å². The van der Waals surface area contributed by atoms with E-state index in [-0.39, 0.29) is 6.03 Å². The molecule has 0 spiro atoms. The fourth-order valence-corrected chi connectivity index (χ4v) is 4.03. The third-order valence-electron chi connectivity index (χ3n) is 4.94. The van der Waals surface area contributed by atoms with E-state index in [9.17, 15) is 4.79 Å². The summed E-state index contributed by atoms with van der Waals surface area (Å²) in [5.41, 5.74) is 0. The maximum atomic E-state index is 12.3. The highest BCUT2D eigenvalue weighted by atomic mass is 16.2. The van der Waals surface area contributed by atoms with Crippen molar-refractivity contribution in [1.82, 2.24) is 10.2 Å². The number of hydrogen-bond donors (Lipinski definition) is 1. The zero-order valence-corrected chi connectivity index (χ0v) is 10.7. The first-order valence-electron chi connectivity index (χ1n) is 7.42. The van der Waals surface area contributed by atoms with Crippen LogP contribution >= 0.6 is 0 Å². The van der Waals surface area contributed by atoms with E-state index in [1.807, 2.05) is 0 Å². The lowest BCUT2D eigenvalue weighted by Gasteiger charge is -2.38. The molecule has 2 atom stereocenters. The number of piperidine rings is 1. The normalized spacial score (nSPS) is 33.8. The van der Waals surface area contributed by atoms with Crippen molar-refractivity contribution in [1.29, 1.82) is 0 Å². The van der Waals surface area contributed by atoms with E-state index >= 15 is 0 Å². The van der Waals surface area contributed by atoms with Crippen molar-refractivity contribution in [3.63, 3.8) is 0 Å². The molecule has 96 valence electrons. The van der Waals surface area contributed by atoms with Gasteiger partial charge >= 0.3 is 6.03 Å². The molecule has 1 heterocycles. The fraction of sp³-hybridized carbons (Fsp3) is 0.929. The van der Waals surface area contributed by atoms with Crippen LogP contribution in [-0.4, -0.2) is 29.6 Å². The highest BCUT2D eigenvalue weighted by molar-refractivity contribution is 5.75. The summed E-state index contributed by atoms with van der Waals surface area (Å²) in [4.78, 5) is 14.5. The van der Waals surface area contributed by atoms with Crippen LogP contribution in [0, 0.1) is 5.92 Å². The lowest BCUT2D eigenvalue weighted by Crippen LogP contribution is -2.52. The van der Waals surface area contributed by atoms with Crippen molar-refractivity contribution < 1.29 is 4.79 Å². The number of carbonyl (C=O) groups is 1. The average Bonchev–Trinajstić information content (AvgIpc) is 2.97. The van der Waals surface area contributed by atoms with E-state index in [1.54, 1.807) is 0 Å². The van der Waals surface area contributed by atoms with Gasteiger partial charge in [0.15, 0.2) is 0 Å². The zero-order valence-electron chi connectivity index (χ0n) is 10.7. The molecule has 2 amide bonds. The van der Waals surface area contributed by atoms with Crippen LogP contribution in [0.3, 0.4) is 0 Å². The van der Waals surface area contributed by atoms with Gasteiger partial charge in [0.25, 0.3) is 0 Å². The molecule has 1 saturated heterocycles. The lowest BCUT2D eigenvalue weighted by molar-refractivity contribution is 0.126. The smallest absolute Gasteiger partial charge is 0.317 e. The van der Waals surface area contributed by atoms with E-state index in [0.29, 0.717) is 12.1 Å². The molecule has 0 aromatic heterocycles. The maximum absolute atomic E-state index is 12.3. The fourth-order valence-electron chi connectivity index (χ4n) is 4.03. The molecule has 0 radical (unpaired) electrons. The van der Waals surface area contributed by atoms with Crippen LogP contribution in [0.2, 0.25) is 0 Å². The van der Waals surface area contributed by atoms with Crippen molar-refractivity contribution in [3.05, 3.63) is 0 Å². The number of hydrogen-bond acceptors (Lipinski definition) is 1. The Bertz CT molecular complexity index is 286. The first-order valence-corrected chi connectivity index (χ1v) is 7.42. The summed E-state index contributed by atoms with van der Waals surface area (Å²) in [5, 5.41) is 3.25. The van der Waals surface area contributed by atoms with Gasteiger partial charge in [-0.2, -0.15) is 0 Å². The van der Waals surface area contributed by atoms with Gasteiger partial charge in [-0.3, -0.25) is 0 Å². The molecule has 3 fully saturated rings. The highest BCUT2D eigenvalue weighted by Crippen LogP contribution is 2.36. The van der Waals surface area contributed by atoms with Gasteiger partial charge in [0.1, 0.15) is 0 Å². The van der Waals surface area contributed by atoms with Crippen LogP contribution in [0.25, 0.3) is 0 Å². The molecule has 0 aromatic rings. The topological polar surface area (TPSA) is 32.3 Å². The Labute approximate surface area is 104 Å². The van der Waals surface area contributed by atoms with Gasteiger partial charge in [0.05, 0.1) is 0 Å². The molecule has 2 unspecified atom stereocenters. The van der Waals surface area contributed by atoms with E-state index in [2.05, 4.69) is 10.2 Å². The Kier molecular flexibility index (Phi) is 3.26. The van der Waals surface area contributed by atoms with Crippen molar-refractivity contribution in [2.24, 2.45) is 5.92 Å². The Morgan fingerprint density at radius 3 is 2.53 bits per heavy atom. The molecule has 3 rings (SSSR count). The number of nitrogens with zero attached hydrogens (tertiary/aromatic N) is 1. The second-order valence-electron chi connectivity index (χ2n) is 6.02. The molecule has 0 bridgehead atoms. The quantitative estimate of drug-likeness (QED) is 0.746. The van der Waals surface area contributed by atoms with E-state index in [4.69, 9.17) is 0 Å². The number of amides is 2. The van der Waals surface area contributed by atoms with Gasteiger partial charge in [-0.25, -0.2) is 4.79 Å². The van der Waals surface area contributed by atoms with Gasteiger partial charge < -0.3 is 10.2 Å². The molecule has 1 N–H and O–H groups in total. The van der Waals surface area contributed by atoms with Crippen molar-refractivity contribution in [2.45, 2.75) is 69.9 Å². The third kappa shape index (κ3) is 2.29. The van der Waals surface area contributed by atoms with Crippen LogP contribution < -0.4 is 5.32 Å². The molecule has 3 aliphatic rings. The summed E-state index contributed by atoms with van der Waals surface area (Å²) in [5.74, 6) is 0.804. The van der Waals surface area contributed by atoms with Gasteiger partial charge in [-0.15, -0.1) is 0 Å². The zero-order chi connectivity index (χ0) is 11.7. The monoisotopic (exact) mass is 236 g/mol. The van der Waals surface area contributed by atoms with E-state index in [1.165, 1.54) is 57.8 Å². The predicted molar refractivity (Wildman–Crippen MR) is 67.9 cm³/mol. The molecule has 2 saturated carbocycles. The minimum atomic E-state index is 0.230. The molecule has 3 heteroatoms. The van der Waals surface area contributed by atoms with Gasteiger partial charge in [-0.1, -0.05) is 19.3 Å². The van der Waals surface area contributed by atoms with Gasteiger partial charge in [0.2, 0.25) is 0 Å². The van der Waals surface area contributed by atoms with Gasteiger partial charge in [0, 0.05) is 18.6 Å². The summed E-state index contributed by atoms with van der Waals surface area (Å²) in [6.07, 6.45) is 11.4. The second-order valence-corrected chi connectivity index (χ2v) is 6.02. The van der Waals surface area contributed by atoms with Crippen LogP contribution in [-0.2, 0) is 0 Å². The van der Waals surface area contributed by atoms with Crippen LogP contribution in [0.5, 0.6) is 0 Å².